The molecule has 0 bridgehead atoms. The van der Waals surface area contributed by atoms with Crippen molar-refractivity contribution in [1.82, 2.24) is 4.90 Å². The number of carbonyl (C=O) groups is 2. The number of rotatable bonds is 1. The van der Waals surface area contributed by atoms with Crippen LogP contribution in [0.5, 0.6) is 0 Å². The van der Waals surface area contributed by atoms with Crippen molar-refractivity contribution in [3.63, 3.8) is 0 Å². The Morgan fingerprint density at radius 3 is 0.973 bits per heavy atom. The van der Waals surface area contributed by atoms with Crippen molar-refractivity contribution in [2.24, 2.45) is 5.92 Å². The van der Waals surface area contributed by atoms with Gasteiger partial charge in [0.25, 0.3) is 11.8 Å². The summed E-state index contributed by atoms with van der Waals surface area (Å²) >= 11 is 0. The van der Waals surface area contributed by atoms with Gasteiger partial charge in [0.05, 0.1) is 11.1 Å². The Balaban J connectivity index is -0.0000000645. The molecule has 1 aliphatic rings. The number of hydrogen-bond donors (Lipinski definition) is 0. The highest BCUT2D eigenvalue weighted by Crippen LogP contribution is 2.20. The number of hydrogen-bond acceptors (Lipinski definition) is 2. The van der Waals surface area contributed by atoms with E-state index in [9.17, 15) is 9.59 Å². The minimum absolute atomic E-state index is 0. The Bertz CT molecular complexity index is 654. The van der Waals surface area contributed by atoms with E-state index in [1.54, 1.807) is 24.3 Å². The summed E-state index contributed by atoms with van der Waals surface area (Å²) in [6.45, 7) is 30.9. The fraction of sp³-hybridized carbons (Fsp3) is 0.588. The lowest BCUT2D eigenvalue weighted by Crippen LogP contribution is -2.24. The number of fused-ring (bicyclic) bond motifs is 1. The number of benzene rings is 2. The zero-order valence-electron chi connectivity index (χ0n) is 26.1. The molecule has 1 heterocycles. The summed E-state index contributed by atoms with van der Waals surface area (Å²) in [6.07, 6.45) is 0. The molecule has 3 rings (SSSR count). The van der Waals surface area contributed by atoms with Crippen LogP contribution in [0.2, 0.25) is 0 Å². The second-order valence-corrected chi connectivity index (χ2v) is 7.01. The molecule has 2 amide bonds. The molecular formula is C34H67NO2. The molecule has 0 aliphatic carbocycles. The SMILES string of the molecule is C.C.CC.CC.CC.CC.CC.CC(C)C.CC(C)c1ccccc1.CN1C(=O)c2ccccc2C1=O. The van der Waals surface area contributed by atoms with Gasteiger partial charge in [0.15, 0.2) is 0 Å². The number of imide groups is 1. The van der Waals surface area contributed by atoms with E-state index in [-0.39, 0.29) is 26.7 Å². The molecular weight excluding hydrogens is 454 g/mol. The summed E-state index contributed by atoms with van der Waals surface area (Å²) in [5, 5.41) is 0. The van der Waals surface area contributed by atoms with Gasteiger partial charge in [0, 0.05) is 7.05 Å². The Morgan fingerprint density at radius 2 is 0.757 bits per heavy atom. The highest BCUT2D eigenvalue weighted by atomic mass is 16.2. The molecule has 0 radical (unpaired) electrons. The maximum atomic E-state index is 11.3. The average Bonchev–Trinajstić information content (AvgIpc) is 3.14. The second kappa shape index (κ2) is 38.1. The summed E-state index contributed by atoms with van der Waals surface area (Å²) in [6, 6.07) is 17.4. The van der Waals surface area contributed by atoms with E-state index < -0.39 is 0 Å². The lowest BCUT2D eigenvalue weighted by Gasteiger charge is -2.02. The highest BCUT2D eigenvalue weighted by molar-refractivity contribution is 6.21. The van der Waals surface area contributed by atoms with Gasteiger partial charge in [-0.05, 0) is 29.5 Å². The third-order valence-electron chi connectivity index (χ3n) is 3.46. The average molecular weight is 522 g/mol. The van der Waals surface area contributed by atoms with Crippen molar-refractivity contribution in [2.75, 3.05) is 7.05 Å². The predicted molar refractivity (Wildman–Crippen MR) is 174 cm³/mol. The quantitative estimate of drug-likeness (QED) is 0.350. The third kappa shape index (κ3) is 25.0. The molecule has 0 aromatic heterocycles. The minimum atomic E-state index is -0.212. The normalized spacial score (nSPS) is 9.19. The molecule has 0 saturated carbocycles. The van der Waals surface area contributed by atoms with Crippen molar-refractivity contribution in [1.29, 1.82) is 0 Å². The molecule has 2 aromatic rings. The first-order chi connectivity index (χ1) is 16.8. The Kier molecular flexibility index (Phi) is 52.8. The van der Waals surface area contributed by atoms with Crippen LogP contribution in [0.25, 0.3) is 0 Å². The molecule has 0 fully saturated rings. The summed E-state index contributed by atoms with van der Waals surface area (Å²) in [5.41, 5.74) is 2.42. The van der Waals surface area contributed by atoms with Crippen LogP contribution in [0.1, 0.15) is 151 Å². The first-order valence-corrected chi connectivity index (χ1v) is 13.7. The second-order valence-electron chi connectivity index (χ2n) is 7.01. The van der Waals surface area contributed by atoms with Gasteiger partial charge < -0.3 is 0 Å². The van der Waals surface area contributed by atoms with Crippen LogP contribution in [-0.2, 0) is 0 Å². The third-order valence-corrected chi connectivity index (χ3v) is 3.46. The van der Waals surface area contributed by atoms with Gasteiger partial charge >= 0.3 is 0 Å². The Morgan fingerprint density at radius 1 is 0.514 bits per heavy atom. The van der Waals surface area contributed by atoms with Crippen LogP contribution >= 0.6 is 0 Å². The maximum absolute atomic E-state index is 11.3. The molecule has 0 spiro atoms. The molecule has 0 unspecified atom stereocenters. The van der Waals surface area contributed by atoms with Crippen LogP contribution in [-0.4, -0.2) is 23.8 Å². The minimum Gasteiger partial charge on any atom is -0.277 e. The van der Waals surface area contributed by atoms with Crippen LogP contribution < -0.4 is 0 Å². The predicted octanol–water partition coefficient (Wildman–Crippen LogP) is 11.8. The molecule has 220 valence electrons. The van der Waals surface area contributed by atoms with Crippen LogP contribution in [0, 0.1) is 5.92 Å². The zero-order valence-corrected chi connectivity index (χ0v) is 26.1. The van der Waals surface area contributed by atoms with Crippen LogP contribution in [0.4, 0.5) is 0 Å². The fourth-order valence-corrected chi connectivity index (χ4v) is 2.15. The van der Waals surface area contributed by atoms with Crippen LogP contribution in [0.15, 0.2) is 54.6 Å². The molecule has 1 aliphatic heterocycles. The van der Waals surface area contributed by atoms with Crippen molar-refractivity contribution in [2.45, 2.75) is 125 Å². The summed E-state index contributed by atoms with van der Waals surface area (Å²) in [7, 11) is 1.49. The van der Waals surface area contributed by atoms with Gasteiger partial charge in [0.1, 0.15) is 0 Å². The summed E-state index contributed by atoms with van der Waals surface area (Å²) < 4.78 is 0. The lowest BCUT2D eigenvalue weighted by atomic mass is 10.0. The smallest absolute Gasteiger partial charge is 0.261 e. The molecule has 3 heteroatoms. The fourth-order valence-electron chi connectivity index (χ4n) is 2.15. The van der Waals surface area contributed by atoms with Gasteiger partial charge in [-0.3, -0.25) is 14.5 Å². The van der Waals surface area contributed by atoms with Crippen molar-refractivity contribution in [3.05, 3.63) is 71.3 Å². The monoisotopic (exact) mass is 522 g/mol. The number of carbonyl (C=O) groups excluding carboxylic acids is 2. The molecule has 2 aromatic carbocycles. The zero-order chi connectivity index (χ0) is 29.0. The van der Waals surface area contributed by atoms with E-state index >= 15 is 0 Å². The van der Waals surface area contributed by atoms with E-state index in [0.717, 1.165) is 10.8 Å². The molecule has 0 atom stereocenters. The Labute approximate surface area is 235 Å². The van der Waals surface area contributed by atoms with E-state index in [1.165, 1.54) is 12.6 Å². The summed E-state index contributed by atoms with van der Waals surface area (Å²) in [4.78, 5) is 23.8. The molecule has 3 nitrogen and oxygen atoms in total. The van der Waals surface area contributed by atoms with Crippen LogP contribution in [0.3, 0.4) is 0 Å². The van der Waals surface area contributed by atoms with E-state index in [2.05, 4.69) is 58.9 Å². The topological polar surface area (TPSA) is 37.4 Å². The van der Waals surface area contributed by atoms with E-state index in [0.29, 0.717) is 17.0 Å². The maximum Gasteiger partial charge on any atom is 0.261 e. The van der Waals surface area contributed by atoms with Gasteiger partial charge in [-0.15, -0.1) is 0 Å². The lowest BCUT2D eigenvalue weighted by molar-refractivity contribution is 0.0693. The van der Waals surface area contributed by atoms with Gasteiger partial charge in [-0.1, -0.05) is 161 Å². The van der Waals surface area contributed by atoms with Crippen molar-refractivity contribution < 1.29 is 9.59 Å². The van der Waals surface area contributed by atoms with Crippen molar-refractivity contribution in [3.8, 4) is 0 Å². The standard InChI is InChI=1S/C9H7NO2.C9H12.C4H10.5C2H6.2CH4/c1-10-8(11)6-4-2-3-5-7(6)9(10)12;1-8(2)9-6-4-3-5-7-9;1-4(2)3;5*1-2;;/h2-5H,1H3;3-8H,1-2H3;4H,1-3H3;5*1-2H3;2*1H4. The first-order valence-electron chi connectivity index (χ1n) is 13.7. The number of amides is 2. The van der Waals surface area contributed by atoms with E-state index in [4.69, 9.17) is 0 Å². The number of nitrogens with zero attached hydrogens (tertiary/aromatic N) is 1. The molecule has 0 saturated heterocycles. The first kappa shape index (κ1) is 51.3. The molecule has 0 N–H and O–H groups in total. The van der Waals surface area contributed by atoms with Gasteiger partial charge in [-0.2, -0.15) is 0 Å². The summed E-state index contributed by atoms with van der Waals surface area (Å²) in [5.74, 6) is 1.07. The highest BCUT2D eigenvalue weighted by Gasteiger charge is 2.31. The van der Waals surface area contributed by atoms with Gasteiger partial charge in [0.2, 0.25) is 0 Å². The Hall–Kier alpha value is -2.42. The van der Waals surface area contributed by atoms with Gasteiger partial charge in [-0.25, -0.2) is 0 Å². The largest absolute Gasteiger partial charge is 0.277 e. The molecule has 37 heavy (non-hydrogen) atoms. The van der Waals surface area contributed by atoms with Crippen molar-refractivity contribution >= 4 is 11.8 Å². The van der Waals surface area contributed by atoms with E-state index in [1.807, 2.05) is 75.3 Å².